The lowest BCUT2D eigenvalue weighted by Gasteiger charge is -2.49. The van der Waals surface area contributed by atoms with Crippen molar-refractivity contribution in [3.8, 4) is 0 Å². The van der Waals surface area contributed by atoms with Crippen LogP contribution in [0.3, 0.4) is 0 Å². The molecule has 1 saturated heterocycles. The molecule has 1 fully saturated rings. The first-order valence-corrected chi connectivity index (χ1v) is 7.24. The summed E-state index contributed by atoms with van der Waals surface area (Å²) in [5, 5.41) is 0. The van der Waals surface area contributed by atoms with Crippen molar-refractivity contribution in [2.75, 3.05) is 13.1 Å². The summed E-state index contributed by atoms with van der Waals surface area (Å²) in [4.78, 5) is 0.106. The molecule has 1 heterocycles. The molecule has 2 rings (SSSR count). The number of nitrogens with zero attached hydrogens (tertiary/aromatic N) is 1. The predicted molar refractivity (Wildman–Crippen MR) is 66.9 cm³/mol. The summed E-state index contributed by atoms with van der Waals surface area (Å²) in [5.41, 5.74) is 5.62. The Hall–Kier alpha value is -0.980. The Balaban J connectivity index is 2.18. The Labute approximate surface area is 107 Å². The van der Waals surface area contributed by atoms with Crippen LogP contribution in [0.1, 0.15) is 13.8 Å². The van der Waals surface area contributed by atoms with Gasteiger partial charge in [0.15, 0.2) is 0 Å². The van der Waals surface area contributed by atoms with Crippen molar-refractivity contribution in [1.82, 2.24) is 4.31 Å². The van der Waals surface area contributed by atoms with Crippen molar-refractivity contribution in [3.63, 3.8) is 0 Å². The molecule has 1 aliphatic rings. The zero-order chi connectivity index (χ0) is 13.6. The molecule has 2 N–H and O–H groups in total. The van der Waals surface area contributed by atoms with E-state index in [1.54, 1.807) is 0 Å². The van der Waals surface area contributed by atoms with E-state index < -0.39 is 21.4 Å². The average Bonchev–Trinajstić information content (AvgIpc) is 2.25. The van der Waals surface area contributed by atoms with E-state index in [2.05, 4.69) is 0 Å². The van der Waals surface area contributed by atoms with Crippen molar-refractivity contribution in [2.45, 2.75) is 24.3 Å². The van der Waals surface area contributed by atoms with Crippen LogP contribution in [-0.4, -0.2) is 31.4 Å². The SMILES string of the molecule is CC(C)C1(N)CN(S(=O)(=O)c2ccc(F)cc2)C1. The van der Waals surface area contributed by atoms with Crippen molar-refractivity contribution in [2.24, 2.45) is 11.7 Å². The largest absolute Gasteiger partial charge is 0.323 e. The first kappa shape index (κ1) is 13.5. The molecule has 6 heteroatoms. The van der Waals surface area contributed by atoms with E-state index in [1.807, 2.05) is 13.8 Å². The number of rotatable bonds is 3. The Morgan fingerprint density at radius 2 is 1.78 bits per heavy atom. The molecule has 1 aromatic rings. The highest BCUT2D eigenvalue weighted by molar-refractivity contribution is 7.89. The number of sulfonamides is 1. The molecule has 0 atom stereocenters. The lowest BCUT2D eigenvalue weighted by atomic mass is 9.82. The van der Waals surface area contributed by atoms with Crippen LogP contribution in [-0.2, 0) is 10.0 Å². The topological polar surface area (TPSA) is 63.4 Å². The van der Waals surface area contributed by atoms with Gasteiger partial charge in [-0.15, -0.1) is 0 Å². The van der Waals surface area contributed by atoms with Crippen molar-refractivity contribution < 1.29 is 12.8 Å². The Morgan fingerprint density at radius 3 is 2.22 bits per heavy atom. The standard InChI is InChI=1S/C12H17FN2O2S/c1-9(2)12(14)7-15(8-12)18(16,17)11-5-3-10(13)4-6-11/h3-6,9H,7-8,14H2,1-2H3. The van der Waals surface area contributed by atoms with Gasteiger partial charge in [0.25, 0.3) is 0 Å². The highest BCUT2D eigenvalue weighted by atomic mass is 32.2. The fraction of sp³-hybridized carbons (Fsp3) is 0.500. The molecule has 0 spiro atoms. The van der Waals surface area contributed by atoms with Crippen LogP contribution >= 0.6 is 0 Å². The minimum absolute atomic E-state index is 0.106. The first-order valence-electron chi connectivity index (χ1n) is 5.80. The smallest absolute Gasteiger partial charge is 0.243 e. The highest BCUT2D eigenvalue weighted by Crippen LogP contribution is 2.31. The molecular weight excluding hydrogens is 255 g/mol. The Kier molecular flexibility index (Phi) is 3.21. The van der Waals surface area contributed by atoms with E-state index in [1.165, 1.54) is 16.4 Å². The van der Waals surface area contributed by atoms with Gasteiger partial charge in [-0.05, 0) is 30.2 Å². The van der Waals surface area contributed by atoms with Crippen LogP contribution in [0.5, 0.6) is 0 Å². The van der Waals surface area contributed by atoms with Crippen molar-refractivity contribution in [1.29, 1.82) is 0 Å². The van der Waals surface area contributed by atoms with Gasteiger partial charge in [0.1, 0.15) is 5.82 Å². The maximum absolute atomic E-state index is 12.8. The zero-order valence-corrected chi connectivity index (χ0v) is 11.2. The molecule has 0 aliphatic carbocycles. The second-order valence-corrected chi connectivity index (χ2v) is 7.05. The molecule has 0 saturated carbocycles. The van der Waals surface area contributed by atoms with Gasteiger partial charge < -0.3 is 5.73 Å². The van der Waals surface area contributed by atoms with Gasteiger partial charge in [0.2, 0.25) is 10.0 Å². The fourth-order valence-electron chi connectivity index (χ4n) is 1.90. The van der Waals surface area contributed by atoms with E-state index in [-0.39, 0.29) is 10.8 Å². The summed E-state index contributed by atoms with van der Waals surface area (Å²) < 4.78 is 38.5. The third-order valence-corrected chi connectivity index (χ3v) is 5.35. The monoisotopic (exact) mass is 272 g/mol. The van der Waals surface area contributed by atoms with Crippen LogP contribution in [0.4, 0.5) is 4.39 Å². The average molecular weight is 272 g/mol. The van der Waals surface area contributed by atoms with Crippen molar-refractivity contribution in [3.05, 3.63) is 30.1 Å². The third kappa shape index (κ3) is 2.15. The summed E-state index contributed by atoms with van der Waals surface area (Å²) in [6, 6.07) is 4.84. The maximum atomic E-state index is 12.8. The number of halogens is 1. The van der Waals surface area contributed by atoms with Gasteiger partial charge in [-0.25, -0.2) is 12.8 Å². The van der Waals surface area contributed by atoms with Gasteiger partial charge in [-0.2, -0.15) is 4.31 Å². The predicted octanol–water partition coefficient (Wildman–Crippen LogP) is 1.18. The number of benzene rings is 1. The van der Waals surface area contributed by atoms with E-state index in [4.69, 9.17) is 5.73 Å². The van der Waals surface area contributed by atoms with Crippen LogP contribution in [0.2, 0.25) is 0 Å². The summed E-state index contributed by atoms with van der Waals surface area (Å²) in [5.74, 6) is -0.231. The van der Waals surface area contributed by atoms with Gasteiger partial charge >= 0.3 is 0 Å². The lowest BCUT2D eigenvalue weighted by Crippen LogP contribution is -2.70. The molecule has 0 unspecified atom stereocenters. The van der Waals surface area contributed by atoms with Gasteiger partial charge in [-0.1, -0.05) is 13.8 Å². The number of nitrogens with two attached hydrogens (primary N) is 1. The van der Waals surface area contributed by atoms with Gasteiger partial charge in [0, 0.05) is 18.6 Å². The Morgan fingerprint density at radius 1 is 1.28 bits per heavy atom. The van der Waals surface area contributed by atoms with Crippen molar-refractivity contribution >= 4 is 10.0 Å². The Bertz CT molecular complexity index is 534. The molecule has 1 aromatic carbocycles. The van der Waals surface area contributed by atoms with E-state index >= 15 is 0 Å². The van der Waals surface area contributed by atoms with Crippen LogP contribution < -0.4 is 5.73 Å². The molecule has 0 amide bonds. The van der Waals surface area contributed by atoms with Crippen LogP contribution in [0.15, 0.2) is 29.2 Å². The van der Waals surface area contributed by atoms with Crippen LogP contribution in [0, 0.1) is 11.7 Å². The summed E-state index contributed by atoms with van der Waals surface area (Å²) >= 11 is 0. The minimum Gasteiger partial charge on any atom is -0.323 e. The molecule has 0 aromatic heterocycles. The van der Waals surface area contributed by atoms with E-state index in [0.29, 0.717) is 13.1 Å². The quantitative estimate of drug-likeness (QED) is 0.898. The summed E-state index contributed by atoms with van der Waals surface area (Å²) in [7, 11) is -3.54. The molecular formula is C12H17FN2O2S. The lowest BCUT2D eigenvalue weighted by molar-refractivity contribution is 0.110. The molecule has 0 bridgehead atoms. The highest BCUT2D eigenvalue weighted by Gasteiger charge is 2.47. The summed E-state index contributed by atoms with van der Waals surface area (Å²) in [6.07, 6.45) is 0. The number of hydrogen-bond acceptors (Lipinski definition) is 3. The second kappa shape index (κ2) is 4.29. The molecule has 1 aliphatic heterocycles. The normalized spacial score (nSPS) is 19.8. The molecule has 4 nitrogen and oxygen atoms in total. The molecule has 18 heavy (non-hydrogen) atoms. The zero-order valence-electron chi connectivity index (χ0n) is 10.4. The van der Waals surface area contributed by atoms with Crippen LogP contribution in [0.25, 0.3) is 0 Å². The first-order chi connectivity index (χ1) is 8.25. The van der Waals surface area contributed by atoms with E-state index in [9.17, 15) is 12.8 Å². The second-order valence-electron chi connectivity index (χ2n) is 5.11. The molecule has 0 radical (unpaired) electrons. The van der Waals surface area contributed by atoms with E-state index in [0.717, 1.165) is 12.1 Å². The fourth-order valence-corrected chi connectivity index (χ4v) is 3.50. The third-order valence-electron chi connectivity index (χ3n) is 3.54. The molecule has 100 valence electrons. The van der Waals surface area contributed by atoms with Gasteiger partial charge in [-0.3, -0.25) is 0 Å². The minimum atomic E-state index is -3.54. The number of hydrogen-bond donors (Lipinski definition) is 1. The maximum Gasteiger partial charge on any atom is 0.243 e. The summed E-state index contributed by atoms with van der Waals surface area (Å²) in [6.45, 7) is 4.57. The van der Waals surface area contributed by atoms with Gasteiger partial charge in [0.05, 0.1) is 4.90 Å².